The van der Waals surface area contributed by atoms with Gasteiger partial charge in [0.25, 0.3) is 6.43 Å². The normalized spacial score (nSPS) is 11.8. The molecule has 0 fully saturated rings. The van der Waals surface area contributed by atoms with Gasteiger partial charge in [0, 0.05) is 18.0 Å². The maximum absolute atomic E-state index is 12.8. The summed E-state index contributed by atoms with van der Waals surface area (Å²) < 4.78 is 32.8. The molecule has 0 unspecified atom stereocenters. The molecule has 0 atom stereocenters. The van der Waals surface area contributed by atoms with Gasteiger partial charge in [-0.25, -0.2) is 8.78 Å². The van der Waals surface area contributed by atoms with Crippen LogP contribution in [0.3, 0.4) is 0 Å². The number of alkyl halides is 2. The van der Waals surface area contributed by atoms with E-state index in [2.05, 4.69) is 27.9 Å². The highest BCUT2D eigenvalue weighted by molar-refractivity contribution is 5.78. The Morgan fingerprint density at radius 2 is 2.20 bits per heavy atom. The Morgan fingerprint density at radius 3 is 2.83 bits per heavy atom. The topological polar surface area (TPSA) is 102 Å². The molecule has 0 aliphatic carbocycles. The molecule has 1 aromatic heterocycles. The fourth-order valence-corrected chi connectivity index (χ4v) is 2.80. The summed E-state index contributed by atoms with van der Waals surface area (Å²) in [7, 11) is 0. The van der Waals surface area contributed by atoms with Crippen molar-refractivity contribution in [1.29, 1.82) is 5.26 Å². The van der Waals surface area contributed by atoms with Crippen molar-refractivity contribution in [3.05, 3.63) is 52.5 Å². The minimum Gasteiger partial charge on any atom is -0.453 e. The fourth-order valence-electron chi connectivity index (χ4n) is 2.80. The van der Waals surface area contributed by atoms with Gasteiger partial charge in [0.2, 0.25) is 0 Å². The summed E-state index contributed by atoms with van der Waals surface area (Å²) in [6, 6.07) is 7.08. The van der Waals surface area contributed by atoms with E-state index in [4.69, 9.17) is 10.5 Å². The Labute approximate surface area is 174 Å². The number of aryl methyl sites for hydroxylation is 1. The number of hydrogen-bond donors (Lipinski definition) is 1. The summed E-state index contributed by atoms with van der Waals surface area (Å²) in [5.41, 5.74) is 8.51. The van der Waals surface area contributed by atoms with Gasteiger partial charge in [0.1, 0.15) is 18.0 Å². The van der Waals surface area contributed by atoms with Gasteiger partial charge < -0.3 is 10.5 Å². The largest absolute Gasteiger partial charge is 0.453 e. The molecule has 0 bridgehead atoms. The highest BCUT2D eigenvalue weighted by atomic mass is 19.3. The van der Waals surface area contributed by atoms with Crippen molar-refractivity contribution in [2.75, 3.05) is 6.54 Å². The molecule has 1 aromatic carbocycles. The number of nitriles is 1. The minimum atomic E-state index is -2.52. The standard InChI is InChI=1S/C21H24F2N6O/c1-14-21(15(2)29(28-14)13-20(22)23)30-19-8-16(9-25)4-5-18(19)12-27-11-17(6-7-24)10-26-3/h4-5,8,10-11,20H,3,6-7,12-13,24H2,1-2H3/b17-10-,27-11?. The molecule has 0 saturated carbocycles. The average Bonchev–Trinajstić information content (AvgIpc) is 2.96. The Kier molecular flexibility index (Phi) is 8.38. The van der Waals surface area contributed by atoms with Crippen molar-refractivity contribution in [2.24, 2.45) is 15.7 Å². The van der Waals surface area contributed by atoms with Crippen molar-refractivity contribution in [3.63, 3.8) is 0 Å². The lowest BCUT2D eigenvalue weighted by molar-refractivity contribution is 0.120. The maximum Gasteiger partial charge on any atom is 0.257 e. The second-order valence-electron chi connectivity index (χ2n) is 6.50. The molecule has 0 radical (unpaired) electrons. The lowest BCUT2D eigenvalue weighted by Gasteiger charge is -2.11. The molecule has 0 spiro atoms. The summed E-state index contributed by atoms with van der Waals surface area (Å²) in [5, 5.41) is 13.4. The second kappa shape index (κ2) is 11.0. The van der Waals surface area contributed by atoms with Crippen LogP contribution in [0.5, 0.6) is 11.5 Å². The van der Waals surface area contributed by atoms with Crippen LogP contribution in [0.25, 0.3) is 0 Å². The lowest BCUT2D eigenvalue weighted by Crippen LogP contribution is -2.09. The highest BCUT2D eigenvalue weighted by Gasteiger charge is 2.18. The third kappa shape index (κ3) is 6.06. The van der Waals surface area contributed by atoms with E-state index in [1.165, 1.54) is 4.68 Å². The lowest BCUT2D eigenvalue weighted by atomic mass is 10.1. The number of aromatic nitrogens is 2. The predicted octanol–water partition coefficient (Wildman–Crippen LogP) is 3.93. The molecule has 1 heterocycles. The quantitative estimate of drug-likeness (QED) is 0.595. The van der Waals surface area contributed by atoms with Gasteiger partial charge in [-0.05, 0) is 51.2 Å². The molecular weight excluding hydrogens is 390 g/mol. The first-order valence-corrected chi connectivity index (χ1v) is 9.27. The van der Waals surface area contributed by atoms with Crippen LogP contribution < -0.4 is 10.5 Å². The van der Waals surface area contributed by atoms with Gasteiger partial charge in [0.15, 0.2) is 5.75 Å². The van der Waals surface area contributed by atoms with Crippen LogP contribution in [0.15, 0.2) is 40.0 Å². The number of nitrogens with zero attached hydrogens (tertiary/aromatic N) is 5. The molecule has 2 rings (SSSR count). The van der Waals surface area contributed by atoms with Gasteiger partial charge in [-0.1, -0.05) is 6.07 Å². The third-order valence-corrected chi connectivity index (χ3v) is 4.24. The SMILES string of the molecule is C=N/C=C(\C=NCc1ccc(C#N)cc1Oc1c(C)nn(CC(F)F)c1C)CCN. The zero-order valence-corrected chi connectivity index (χ0v) is 17.0. The molecule has 0 aliphatic rings. The number of benzene rings is 1. The zero-order valence-electron chi connectivity index (χ0n) is 17.0. The molecule has 0 aliphatic heterocycles. The van der Waals surface area contributed by atoms with E-state index in [0.717, 1.165) is 11.1 Å². The van der Waals surface area contributed by atoms with Crippen LogP contribution in [-0.4, -0.2) is 35.7 Å². The van der Waals surface area contributed by atoms with Crippen LogP contribution in [-0.2, 0) is 13.1 Å². The first kappa shape index (κ1) is 22.9. The van der Waals surface area contributed by atoms with Crippen molar-refractivity contribution in [3.8, 4) is 17.6 Å². The molecule has 0 amide bonds. The molecule has 30 heavy (non-hydrogen) atoms. The summed E-state index contributed by atoms with van der Waals surface area (Å²) >= 11 is 0. The van der Waals surface area contributed by atoms with Crippen LogP contribution in [0.4, 0.5) is 8.78 Å². The predicted molar refractivity (Wildman–Crippen MR) is 112 cm³/mol. The van der Waals surface area contributed by atoms with E-state index >= 15 is 0 Å². The van der Waals surface area contributed by atoms with Crippen LogP contribution in [0.2, 0.25) is 0 Å². The first-order valence-electron chi connectivity index (χ1n) is 9.27. The number of rotatable bonds is 10. The number of ether oxygens (including phenoxy) is 1. The third-order valence-electron chi connectivity index (χ3n) is 4.24. The Balaban J connectivity index is 2.32. The van der Waals surface area contributed by atoms with Crippen LogP contribution in [0, 0.1) is 25.2 Å². The summed E-state index contributed by atoms with van der Waals surface area (Å²) in [5.74, 6) is 0.802. The van der Waals surface area contributed by atoms with Gasteiger partial charge >= 0.3 is 0 Å². The van der Waals surface area contributed by atoms with Crippen molar-refractivity contribution >= 4 is 12.9 Å². The van der Waals surface area contributed by atoms with E-state index in [-0.39, 0.29) is 6.54 Å². The zero-order chi connectivity index (χ0) is 22.1. The van der Waals surface area contributed by atoms with E-state index in [9.17, 15) is 14.0 Å². The monoisotopic (exact) mass is 414 g/mol. The Hall–Kier alpha value is -3.38. The van der Waals surface area contributed by atoms with Gasteiger partial charge in [-0.2, -0.15) is 10.4 Å². The van der Waals surface area contributed by atoms with Crippen molar-refractivity contribution in [1.82, 2.24) is 9.78 Å². The second-order valence-corrected chi connectivity index (χ2v) is 6.50. The Bertz CT molecular complexity index is 988. The molecule has 2 N–H and O–H groups in total. The summed E-state index contributed by atoms with van der Waals surface area (Å²) in [6.45, 7) is 7.00. The van der Waals surface area contributed by atoms with Gasteiger partial charge in [-0.3, -0.25) is 14.7 Å². The number of aliphatic imine (C=N–C) groups is 2. The van der Waals surface area contributed by atoms with Crippen molar-refractivity contribution in [2.45, 2.75) is 39.8 Å². The van der Waals surface area contributed by atoms with Crippen LogP contribution >= 0.6 is 0 Å². The molecular formula is C21H24F2N6O. The molecule has 2 aromatic rings. The highest BCUT2D eigenvalue weighted by Crippen LogP contribution is 2.32. The number of halogens is 2. The maximum atomic E-state index is 12.8. The molecule has 7 nitrogen and oxygen atoms in total. The number of nitrogens with two attached hydrogens (primary N) is 1. The van der Waals surface area contributed by atoms with E-state index in [1.807, 2.05) is 0 Å². The summed E-state index contributed by atoms with van der Waals surface area (Å²) in [4.78, 5) is 8.14. The summed E-state index contributed by atoms with van der Waals surface area (Å²) in [6.07, 6.45) is 1.35. The van der Waals surface area contributed by atoms with Gasteiger partial charge in [-0.15, -0.1) is 0 Å². The average molecular weight is 414 g/mol. The van der Waals surface area contributed by atoms with E-state index in [0.29, 0.717) is 41.4 Å². The van der Waals surface area contributed by atoms with Crippen molar-refractivity contribution < 1.29 is 13.5 Å². The molecule has 158 valence electrons. The van der Waals surface area contributed by atoms with E-state index < -0.39 is 13.0 Å². The Morgan fingerprint density at radius 1 is 1.43 bits per heavy atom. The molecule has 0 saturated heterocycles. The minimum absolute atomic E-state index is 0.281. The first-order chi connectivity index (χ1) is 14.4. The fraction of sp³-hybridized carbons (Fsp3) is 0.333. The van der Waals surface area contributed by atoms with E-state index in [1.54, 1.807) is 44.5 Å². The van der Waals surface area contributed by atoms with Crippen LogP contribution in [0.1, 0.15) is 28.9 Å². The van der Waals surface area contributed by atoms with Gasteiger partial charge in [0.05, 0.1) is 23.9 Å². The smallest absolute Gasteiger partial charge is 0.257 e. The number of hydrogen-bond acceptors (Lipinski definition) is 6. The molecule has 9 heteroatoms.